The summed E-state index contributed by atoms with van der Waals surface area (Å²) in [6.07, 6.45) is 3.44. The van der Waals surface area contributed by atoms with Crippen LogP contribution in [-0.2, 0) is 4.79 Å². The van der Waals surface area contributed by atoms with Gasteiger partial charge in [0.2, 0.25) is 22.7 Å². The first-order valence-corrected chi connectivity index (χ1v) is 11.5. The molecule has 1 fully saturated rings. The van der Waals surface area contributed by atoms with E-state index >= 15 is 0 Å². The number of likely N-dealkylation sites (tertiary alicyclic amines) is 1. The van der Waals surface area contributed by atoms with Crippen LogP contribution in [0, 0.1) is 5.92 Å². The van der Waals surface area contributed by atoms with Crippen molar-refractivity contribution in [2.75, 3.05) is 31.7 Å². The Labute approximate surface area is 189 Å². The number of carbonyl (C=O) groups is 3. The molecule has 2 aromatic rings. The fourth-order valence-electron chi connectivity index (χ4n) is 3.60. The predicted octanol–water partition coefficient (Wildman–Crippen LogP) is 2.29. The number of anilines is 1. The van der Waals surface area contributed by atoms with Gasteiger partial charge in [0.1, 0.15) is 0 Å². The van der Waals surface area contributed by atoms with E-state index in [-0.39, 0.29) is 34.5 Å². The quantitative estimate of drug-likeness (QED) is 0.609. The summed E-state index contributed by atoms with van der Waals surface area (Å²) in [5.74, 6) is 0.145. The number of piperidine rings is 1. The topological polar surface area (TPSA) is 123 Å². The van der Waals surface area contributed by atoms with Gasteiger partial charge in [0.25, 0.3) is 11.8 Å². The van der Waals surface area contributed by atoms with Crippen LogP contribution >= 0.6 is 11.3 Å². The molecule has 0 aliphatic carbocycles. The molecular formula is C21H25N5O5S. The van der Waals surface area contributed by atoms with Crippen LogP contribution in [0.2, 0.25) is 0 Å². The van der Waals surface area contributed by atoms with Crippen LogP contribution in [0.1, 0.15) is 52.2 Å². The first kappa shape index (κ1) is 22.0. The van der Waals surface area contributed by atoms with E-state index in [0.717, 1.165) is 37.0 Å². The molecule has 2 aliphatic rings. The number of nitrogens with zero attached hydrogens (tertiary/aromatic N) is 3. The van der Waals surface area contributed by atoms with Gasteiger partial charge in [-0.2, -0.15) is 0 Å². The Morgan fingerprint density at radius 2 is 2.00 bits per heavy atom. The van der Waals surface area contributed by atoms with E-state index in [2.05, 4.69) is 27.8 Å². The van der Waals surface area contributed by atoms with Crippen molar-refractivity contribution in [1.82, 2.24) is 20.4 Å². The van der Waals surface area contributed by atoms with E-state index in [1.54, 1.807) is 23.1 Å². The molecule has 0 radical (unpaired) electrons. The Kier molecular flexibility index (Phi) is 6.84. The number of fused-ring (bicyclic) bond motifs is 1. The highest BCUT2D eigenvalue weighted by atomic mass is 32.1. The third kappa shape index (κ3) is 4.98. The molecule has 0 saturated carbocycles. The highest BCUT2D eigenvalue weighted by Crippen LogP contribution is 2.34. The summed E-state index contributed by atoms with van der Waals surface area (Å²) < 4.78 is 10.6. The number of benzene rings is 1. The van der Waals surface area contributed by atoms with Gasteiger partial charge in [-0.1, -0.05) is 24.7 Å². The summed E-state index contributed by atoms with van der Waals surface area (Å²) in [7, 11) is 0. The van der Waals surface area contributed by atoms with Gasteiger partial charge >= 0.3 is 0 Å². The van der Waals surface area contributed by atoms with Crippen LogP contribution in [-0.4, -0.2) is 59.2 Å². The highest BCUT2D eigenvalue weighted by Gasteiger charge is 2.30. The number of rotatable bonds is 7. The van der Waals surface area contributed by atoms with Gasteiger partial charge < -0.3 is 25.0 Å². The van der Waals surface area contributed by atoms with E-state index in [4.69, 9.17) is 9.47 Å². The zero-order valence-electron chi connectivity index (χ0n) is 17.8. The van der Waals surface area contributed by atoms with Crippen molar-refractivity contribution in [3.05, 3.63) is 28.2 Å². The van der Waals surface area contributed by atoms with Gasteiger partial charge in [-0.15, -0.1) is 10.2 Å². The minimum absolute atomic E-state index is 0.0167. The Bertz CT molecular complexity index is 1010. The number of ether oxygens (including phenoxy) is 2. The number of nitrogens with one attached hydrogen (secondary N) is 2. The summed E-state index contributed by atoms with van der Waals surface area (Å²) in [5.41, 5.74) is 0.523. The van der Waals surface area contributed by atoms with Gasteiger partial charge in [0, 0.05) is 31.4 Å². The lowest BCUT2D eigenvalue weighted by molar-refractivity contribution is -0.126. The van der Waals surface area contributed by atoms with Gasteiger partial charge in [-0.25, -0.2) is 0 Å². The zero-order valence-corrected chi connectivity index (χ0v) is 18.6. The summed E-state index contributed by atoms with van der Waals surface area (Å²) in [6.45, 7) is 3.76. The van der Waals surface area contributed by atoms with Crippen molar-refractivity contribution in [2.45, 2.75) is 32.6 Å². The van der Waals surface area contributed by atoms with Gasteiger partial charge in [-0.05, 0) is 31.4 Å². The number of amides is 3. The zero-order chi connectivity index (χ0) is 22.5. The van der Waals surface area contributed by atoms with Gasteiger partial charge in [-0.3, -0.25) is 14.4 Å². The Morgan fingerprint density at radius 3 is 2.84 bits per heavy atom. The van der Waals surface area contributed by atoms with E-state index in [1.807, 2.05) is 0 Å². The van der Waals surface area contributed by atoms with Crippen LogP contribution in [0.5, 0.6) is 11.5 Å². The van der Waals surface area contributed by atoms with Crippen molar-refractivity contribution in [1.29, 1.82) is 0 Å². The Balaban J connectivity index is 1.35. The van der Waals surface area contributed by atoms with Gasteiger partial charge in [0.05, 0.1) is 5.92 Å². The second kappa shape index (κ2) is 9.94. The number of carbonyl (C=O) groups excluding carboxylic acids is 3. The van der Waals surface area contributed by atoms with Crippen molar-refractivity contribution < 1.29 is 23.9 Å². The molecule has 0 spiro atoms. The van der Waals surface area contributed by atoms with Crippen LogP contribution < -0.4 is 20.1 Å². The van der Waals surface area contributed by atoms with Crippen molar-refractivity contribution in [2.24, 2.45) is 5.92 Å². The van der Waals surface area contributed by atoms with Crippen LogP contribution in [0.15, 0.2) is 18.2 Å². The summed E-state index contributed by atoms with van der Waals surface area (Å²) >= 11 is 0.932. The maximum atomic E-state index is 12.9. The molecule has 2 N–H and O–H groups in total. The maximum absolute atomic E-state index is 12.9. The predicted molar refractivity (Wildman–Crippen MR) is 117 cm³/mol. The van der Waals surface area contributed by atoms with Crippen molar-refractivity contribution in [3.8, 4) is 11.5 Å². The van der Waals surface area contributed by atoms with Crippen LogP contribution in [0.3, 0.4) is 0 Å². The molecule has 1 atom stereocenters. The van der Waals surface area contributed by atoms with Crippen LogP contribution in [0.4, 0.5) is 5.69 Å². The molecule has 1 aromatic heterocycles. The van der Waals surface area contributed by atoms with E-state index < -0.39 is 5.91 Å². The summed E-state index contributed by atoms with van der Waals surface area (Å²) in [5, 5.41) is 13.7. The minimum atomic E-state index is -0.466. The molecule has 1 saturated heterocycles. The second-order valence-corrected chi connectivity index (χ2v) is 8.65. The lowest BCUT2D eigenvalue weighted by atomic mass is 9.97. The third-order valence-corrected chi connectivity index (χ3v) is 6.25. The fourth-order valence-corrected chi connectivity index (χ4v) is 4.31. The fraction of sp³-hybridized carbons (Fsp3) is 0.476. The molecule has 32 heavy (non-hydrogen) atoms. The van der Waals surface area contributed by atoms with Crippen LogP contribution in [0.25, 0.3) is 0 Å². The van der Waals surface area contributed by atoms with E-state index in [9.17, 15) is 14.4 Å². The molecule has 170 valence electrons. The van der Waals surface area contributed by atoms with Gasteiger partial charge in [0.15, 0.2) is 11.5 Å². The molecular weight excluding hydrogens is 434 g/mol. The molecule has 1 aromatic carbocycles. The molecule has 0 unspecified atom stereocenters. The lowest BCUT2D eigenvalue weighted by Crippen LogP contribution is -2.45. The van der Waals surface area contributed by atoms with E-state index in [1.165, 1.54) is 0 Å². The van der Waals surface area contributed by atoms with E-state index in [0.29, 0.717) is 36.8 Å². The molecule has 11 heteroatoms. The molecule has 3 heterocycles. The summed E-state index contributed by atoms with van der Waals surface area (Å²) in [4.78, 5) is 39.4. The molecule has 10 nitrogen and oxygen atoms in total. The first-order valence-electron chi connectivity index (χ1n) is 10.7. The van der Waals surface area contributed by atoms with Crippen molar-refractivity contribution in [3.63, 3.8) is 0 Å². The number of unbranched alkanes of at least 4 members (excludes halogenated alkanes) is 1. The third-order valence-electron chi connectivity index (χ3n) is 5.34. The smallest absolute Gasteiger partial charge is 0.286 e. The minimum Gasteiger partial charge on any atom is -0.454 e. The monoisotopic (exact) mass is 459 g/mol. The lowest BCUT2D eigenvalue weighted by Gasteiger charge is -2.31. The first-order chi connectivity index (χ1) is 15.5. The standard InChI is InChI=1S/C21H25N5O5S/c1-2-3-8-22-17(27)13-5-4-9-26(11-13)21(29)20-25-24-19(32-20)18(28)23-14-6-7-15-16(10-14)31-12-30-15/h6-7,10,13H,2-5,8-9,11-12H2,1H3,(H,22,27)(H,23,28)/t13-/m1/s1. The highest BCUT2D eigenvalue weighted by molar-refractivity contribution is 7.15. The maximum Gasteiger partial charge on any atom is 0.286 e. The molecule has 3 amide bonds. The Hall–Kier alpha value is -3.21. The van der Waals surface area contributed by atoms with Crippen molar-refractivity contribution >= 4 is 34.7 Å². The number of hydrogen-bond acceptors (Lipinski definition) is 8. The average molecular weight is 460 g/mol. The second-order valence-electron chi connectivity index (χ2n) is 7.67. The number of aromatic nitrogens is 2. The summed E-state index contributed by atoms with van der Waals surface area (Å²) in [6, 6.07) is 5.06. The molecule has 4 rings (SSSR count). The molecule has 0 bridgehead atoms. The number of hydrogen-bond donors (Lipinski definition) is 2. The normalized spacial score (nSPS) is 17.2. The SMILES string of the molecule is CCCCNC(=O)[C@@H]1CCCN(C(=O)c2nnc(C(=O)Nc3ccc4c(c3)OCO4)s2)C1. The average Bonchev–Trinajstić information content (AvgIpc) is 3.48. The largest absolute Gasteiger partial charge is 0.454 e. The molecule has 2 aliphatic heterocycles. The Morgan fingerprint density at radius 1 is 1.19 bits per heavy atom.